The third kappa shape index (κ3) is 4.07. The minimum absolute atomic E-state index is 0.0745. The maximum atomic E-state index is 12.4. The molecule has 0 spiro atoms. The van der Waals surface area contributed by atoms with Gasteiger partial charge in [0.25, 0.3) is 0 Å². The summed E-state index contributed by atoms with van der Waals surface area (Å²) in [5.74, 6) is 0.0745. The first-order valence-electron chi connectivity index (χ1n) is 7.71. The lowest BCUT2D eigenvalue weighted by molar-refractivity contribution is 0.104. The van der Waals surface area contributed by atoms with Gasteiger partial charge in [0.2, 0.25) is 0 Å². The first kappa shape index (κ1) is 18.2. The normalized spacial score (nSPS) is 12.9. The summed E-state index contributed by atoms with van der Waals surface area (Å²) in [4.78, 5) is 12.4. The lowest BCUT2D eigenvalue weighted by Crippen LogP contribution is -2.42. The van der Waals surface area contributed by atoms with E-state index in [2.05, 4.69) is 47.2 Å². The second kappa shape index (κ2) is 7.41. The monoisotopic (exact) mass is 322 g/mol. The number of ketones is 1. The van der Waals surface area contributed by atoms with E-state index >= 15 is 0 Å². The molecule has 0 aliphatic rings. The number of rotatable bonds is 6. The van der Waals surface area contributed by atoms with Gasteiger partial charge in [-0.05, 0) is 47.0 Å². The van der Waals surface area contributed by atoms with E-state index in [-0.39, 0.29) is 5.78 Å². The lowest BCUT2D eigenvalue weighted by atomic mass is 10.1. The van der Waals surface area contributed by atoms with E-state index in [1.807, 2.05) is 0 Å². The van der Waals surface area contributed by atoms with Crippen molar-refractivity contribution in [3.05, 3.63) is 46.6 Å². The number of carbonyl (C=O) groups excluding carboxylic acids is 1. The van der Waals surface area contributed by atoms with E-state index in [1.165, 1.54) is 0 Å². The maximum absolute atomic E-state index is 12.4. The molecule has 0 aliphatic carbocycles. The zero-order valence-electron chi connectivity index (χ0n) is 14.0. The van der Waals surface area contributed by atoms with Gasteiger partial charge < -0.3 is 0 Å². The van der Waals surface area contributed by atoms with Crippen molar-refractivity contribution in [3.63, 3.8) is 0 Å². The second-order valence-corrected chi connectivity index (χ2v) is 12.9. The molecule has 3 heteroatoms. The molecule has 1 nitrogen and oxygen atoms in total. The molecule has 0 saturated heterocycles. The Morgan fingerprint density at radius 3 is 1.76 bits per heavy atom. The quantitative estimate of drug-likeness (QED) is 0.341. The van der Waals surface area contributed by atoms with Gasteiger partial charge in [0.1, 0.15) is 0 Å². The van der Waals surface area contributed by atoms with E-state index in [4.69, 9.17) is 11.6 Å². The fourth-order valence-corrected chi connectivity index (χ4v) is 9.23. The molecule has 0 radical (unpaired) electrons. The molecule has 0 fully saturated rings. The maximum Gasteiger partial charge on any atom is 0.185 e. The van der Waals surface area contributed by atoms with Crippen molar-refractivity contribution in [2.75, 3.05) is 0 Å². The summed E-state index contributed by atoms with van der Waals surface area (Å²) in [7, 11) is -1.66. The minimum Gasteiger partial charge on any atom is -0.289 e. The fraction of sp³-hybridized carbons (Fsp3) is 0.500. The van der Waals surface area contributed by atoms with Gasteiger partial charge in [-0.25, -0.2) is 0 Å². The second-order valence-electron chi connectivity index (χ2n) is 6.67. The standard InChI is InChI=1S/C18H27ClOSi/c1-13(2)21(14(3)4,15(5)6)12-11-18(20)16-7-9-17(19)10-8-16/h7-15H,1-6H3/b12-11+. The Kier molecular flexibility index (Phi) is 6.42. The molecular weight excluding hydrogens is 296 g/mol. The van der Waals surface area contributed by atoms with Crippen LogP contribution >= 0.6 is 11.6 Å². The topological polar surface area (TPSA) is 17.1 Å². The average Bonchev–Trinajstić information content (AvgIpc) is 2.38. The Balaban J connectivity index is 3.08. The molecule has 116 valence electrons. The summed E-state index contributed by atoms with van der Waals surface area (Å²) in [6, 6.07) is 7.11. The molecule has 1 rings (SSSR count). The van der Waals surface area contributed by atoms with Crippen molar-refractivity contribution in [1.29, 1.82) is 0 Å². The molecule has 0 unspecified atom stereocenters. The van der Waals surface area contributed by atoms with Gasteiger partial charge in [-0.15, -0.1) is 0 Å². The van der Waals surface area contributed by atoms with E-state index in [9.17, 15) is 4.79 Å². The molecule has 0 aliphatic heterocycles. The number of hydrogen-bond donors (Lipinski definition) is 0. The molecule has 21 heavy (non-hydrogen) atoms. The van der Waals surface area contributed by atoms with Crippen molar-refractivity contribution in [1.82, 2.24) is 0 Å². The van der Waals surface area contributed by atoms with Crippen molar-refractivity contribution < 1.29 is 4.79 Å². The van der Waals surface area contributed by atoms with Crippen LogP contribution in [0.15, 0.2) is 36.0 Å². The molecule has 0 aromatic heterocycles. The minimum atomic E-state index is -1.66. The third-order valence-corrected chi connectivity index (χ3v) is 11.6. The summed E-state index contributed by atoms with van der Waals surface area (Å²) in [6.45, 7) is 13.8. The molecule has 0 bridgehead atoms. The van der Waals surface area contributed by atoms with E-state index in [0.717, 1.165) is 0 Å². The van der Waals surface area contributed by atoms with Gasteiger partial charge >= 0.3 is 0 Å². The van der Waals surface area contributed by atoms with Crippen LogP contribution in [0.25, 0.3) is 0 Å². The number of benzene rings is 1. The van der Waals surface area contributed by atoms with Crippen molar-refractivity contribution in [3.8, 4) is 0 Å². The van der Waals surface area contributed by atoms with Crippen LogP contribution in [0.2, 0.25) is 21.6 Å². The van der Waals surface area contributed by atoms with Crippen LogP contribution in [-0.4, -0.2) is 13.9 Å². The SMILES string of the molecule is CC(C)[Si](/C=C/C(=O)c1ccc(Cl)cc1)(C(C)C)C(C)C. The molecule has 1 aromatic carbocycles. The molecule has 1 aromatic rings. The van der Waals surface area contributed by atoms with Gasteiger partial charge in [-0.3, -0.25) is 4.79 Å². The average molecular weight is 323 g/mol. The first-order chi connectivity index (χ1) is 9.71. The highest BCUT2D eigenvalue weighted by Gasteiger charge is 2.40. The van der Waals surface area contributed by atoms with Crippen LogP contribution in [0.1, 0.15) is 51.9 Å². The summed E-state index contributed by atoms with van der Waals surface area (Å²) in [5, 5.41) is 0.658. The number of carbonyl (C=O) groups is 1. The Hall–Kier alpha value is -0.863. The zero-order valence-corrected chi connectivity index (χ0v) is 15.7. The molecule has 0 N–H and O–H groups in total. The van der Waals surface area contributed by atoms with Crippen molar-refractivity contribution >= 4 is 25.5 Å². The summed E-state index contributed by atoms with van der Waals surface area (Å²) in [5.41, 5.74) is 4.82. The summed E-state index contributed by atoms with van der Waals surface area (Å²) in [6.07, 6.45) is 1.80. The number of halogens is 1. The van der Waals surface area contributed by atoms with Crippen LogP contribution in [0.5, 0.6) is 0 Å². The van der Waals surface area contributed by atoms with Crippen molar-refractivity contribution in [2.24, 2.45) is 0 Å². The highest BCUT2D eigenvalue weighted by molar-refractivity contribution is 6.88. The lowest BCUT2D eigenvalue weighted by Gasteiger charge is -2.40. The summed E-state index contributed by atoms with van der Waals surface area (Å²) < 4.78 is 0. The van der Waals surface area contributed by atoms with Gasteiger partial charge in [0.15, 0.2) is 5.78 Å². The van der Waals surface area contributed by atoms with Crippen molar-refractivity contribution in [2.45, 2.75) is 58.2 Å². The molecular formula is C18H27ClOSi. The Labute approximate surface area is 135 Å². The summed E-state index contributed by atoms with van der Waals surface area (Å²) >= 11 is 5.87. The van der Waals surface area contributed by atoms with Gasteiger partial charge in [0, 0.05) is 10.6 Å². The van der Waals surface area contributed by atoms with Gasteiger partial charge in [-0.1, -0.05) is 58.8 Å². The molecule has 0 atom stereocenters. The Morgan fingerprint density at radius 1 is 0.952 bits per heavy atom. The Morgan fingerprint density at radius 2 is 1.38 bits per heavy atom. The Bertz CT molecular complexity index is 479. The zero-order chi connectivity index (χ0) is 16.2. The van der Waals surface area contributed by atoms with E-state index in [0.29, 0.717) is 27.2 Å². The number of hydrogen-bond acceptors (Lipinski definition) is 1. The largest absolute Gasteiger partial charge is 0.289 e. The van der Waals surface area contributed by atoms with Crippen LogP contribution in [0.4, 0.5) is 0 Å². The highest BCUT2D eigenvalue weighted by Crippen LogP contribution is 2.42. The first-order valence-corrected chi connectivity index (χ1v) is 10.4. The van der Waals surface area contributed by atoms with Gasteiger partial charge in [0.05, 0.1) is 8.07 Å². The van der Waals surface area contributed by atoms with Gasteiger partial charge in [-0.2, -0.15) is 0 Å². The molecule has 0 heterocycles. The predicted molar refractivity (Wildman–Crippen MR) is 96.0 cm³/mol. The van der Waals surface area contributed by atoms with E-state index in [1.54, 1.807) is 30.3 Å². The fourth-order valence-electron chi connectivity index (χ4n) is 3.51. The molecule has 0 saturated carbocycles. The van der Waals surface area contributed by atoms with Crippen LogP contribution < -0.4 is 0 Å². The highest BCUT2D eigenvalue weighted by atomic mass is 35.5. The number of allylic oxidation sites excluding steroid dienone is 1. The third-order valence-electron chi connectivity index (χ3n) is 4.65. The van der Waals surface area contributed by atoms with Crippen LogP contribution in [0, 0.1) is 0 Å². The van der Waals surface area contributed by atoms with Crippen LogP contribution in [-0.2, 0) is 0 Å². The predicted octanol–water partition coefficient (Wildman–Crippen LogP) is 6.30. The smallest absolute Gasteiger partial charge is 0.185 e. The van der Waals surface area contributed by atoms with Crippen LogP contribution in [0.3, 0.4) is 0 Å². The van der Waals surface area contributed by atoms with E-state index < -0.39 is 8.07 Å². The molecule has 0 amide bonds.